The van der Waals surface area contributed by atoms with Gasteiger partial charge in [-0.15, -0.1) is 34.0 Å². The maximum atomic E-state index is 11.9. The van der Waals surface area contributed by atoms with Crippen LogP contribution in [-0.4, -0.2) is 9.97 Å². The van der Waals surface area contributed by atoms with Crippen molar-refractivity contribution in [3.8, 4) is 0 Å². The number of aryl methyl sites for hydroxylation is 6. The predicted octanol–water partition coefficient (Wildman–Crippen LogP) is 11.6. The number of nitrogens with zero attached hydrogens (tertiary/aromatic N) is 2. The van der Waals surface area contributed by atoms with Gasteiger partial charge in [-0.1, -0.05) is 35.9 Å². The number of hydrogen-bond donors (Lipinski definition) is 0. The average molecular weight is 619 g/mol. The molecule has 0 radical (unpaired) electrons. The lowest BCUT2D eigenvalue weighted by Crippen LogP contribution is -2.07. The van der Waals surface area contributed by atoms with Crippen molar-refractivity contribution in [2.24, 2.45) is 0 Å². The molecule has 0 N–H and O–H groups in total. The molecule has 5 aromatic heterocycles. The number of thiophene rings is 3. The second kappa shape index (κ2) is 14.2. The van der Waals surface area contributed by atoms with Gasteiger partial charge in [0.15, 0.2) is 0 Å². The fourth-order valence-electron chi connectivity index (χ4n) is 3.57. The zero-order valence-electron chi connectivity index (χ0n) is 23.1. The van der Waals surface area contributed by atoms with Gasteiger partial charge in [0.2, 0.25) is 0 Å². The third-order valence-electron chi connectivity index (χ3n) is 5.37. The lowest BCUT2D eigenvalue weighted by molar-refractivity contribution is -0.141. The molecule has 0 unspecified atom stereocenters. The number of aromatic nitrogens is 2. The van der Waals surface area contributed by atoms with Gasteiger partial charge in [-0.25, -0.2) is 9.97 Å². The van der Waals surface area contributed by atoms with Gasteiger partial charge in [0, 0.05) is 41.5 Å². The van der Waals surface area contributed by atoms with Crippen molar-refractivity contribution in [2.75, 3.05) is 0 Å². The lowest BCUT2D eigenvalue weighted by Gasteiger charge is -2.04. The lowest BCUT2D eigenvalue weighted by atomic mass is 10.2. The Labute approximate surface area is 250 Å². The standard InChI is InChI=1S/C10H10S.C8H7NS.C7H6F3N.C6H7ClS/c1-7-3-4-9-6-8(2)11-10(9)5-7;1-6-5-7-3-2-4-9-8(7)10-6;1-5-3-2-4-6(11-5)7(8,9)10;1-4-3-6(7)5(2)8-4/h3-6H,1-2H3;2-5H,1H3;2-4H,1H3;3H,1-2H3. The molecule has 0 saturated carbocycles. The second-order valence-electron chi connectivity index (χ2n) is 9.08. The van der Waals surface area contributed by atoms with Crippen LogP contribution in [0.5, 0.6) is 0 Å². The van der Waals surface area contributed by atoms with Crippen molar-refractivity contribution < 1.29 is 13.2 Å². The Morgan fingerprint density at radius 1 is 0.700 bits per heavy atom. The minimum atomic E-state index is -4.33. The van der Waals surface area contributed by atoms with Crippen LogP contribution in [0.15, 0.2) is 72.9 Å². The molecule has 0 aliphatic carbocycles. The smallest absolute Gasteiger partial charge is 0.249 e. The number of alkyl halides is 3. The normalized spacial score (nSPS) is 10.8. The van der Waals surface area contributed by atoms with E-state index in [0.717, 1.165) is 15.9 Å². The van der Waals surface area contributed by atoms with Gasteiger partial charge in [0.25, 0.3) is 0 Å². The summed E-state index contributed by atoms with van der Waals surface area (Å²) in [6.45, 7) is 12.0. The summed E-state index contributed by atoms with van der Waals surface area (Å²) >= 11 is 11.1. The summed E-state index contributed by atoms with van der Waals surface area (Å²) < 4.78 is 37.1. The van der Waals surface area contributed by atoms with Gasteiger partial charge in [-0.2, -0.15) is 13.2 Å². The van der Waals surface area contributed by atoms with Crippen LogP contribution in [0.2, 0.25) is 5.02 Å². The summed E-state index contributed by atoms with van der Waals surface area (Å²) in [6.07, 6.45) is -2.50. The molecular formula is C31H30ClF3N2S3. The van der Waals surface area contributed by atoms with Crippen molar-refractivity contribution >= 4 is 65.9 Å². The Hall–Kier alpha value is -2.78. The highest BCUT2D eigenvalue weighted by Crippen LogP contribution is 2.28. The highest BCUT2D eigenvalue weighted by Gasteiger charge is 2.32. The van der Waals surface area contributed by atoms with E-state index in [9.17, 15) is 13.2 Å². The molecule has 0 aliphatic heterocycles. The van der Waals surface area contributed by atoms with E-state index in [4.69, 9.17) is 11.6 Å². The highest BCUT2D eigenvalue weighted by atomic mass is 35.5. The monoisotopic (exact) mass is 618 g/mol. The summed E-state index contributed by atoms with van der Waals surface area (Å²) in [6, 6.07) is 20.8. The summed E-state index contributed by atoms with van der Waals surface area (Å²) in [5.74, 6) is 0. The second-order valence-corrected chi connectivity index (χ2v) is 13.5. The van der Waals surface area contributed by atoms with Gasteiger partial charge in [0.1, 0.15) is 10.5 Å². The number of pyridine rings is 2. The number of rotatable bonds is 0. The first kappa shape index (κ1) is 31.7. The Morgan fingerprint density at radius 3 is 1.93 bits per heavy atom. The molecular weight excluding hydrogens is 589 g/mol. The van der Waals surface area contributed by atoms with Crippen molar-refractivity contribution in [3.05, 3.63) is 114 Å². The summed E-state index contributed by atoms with van der Waals surface area (Å²) in [5.41, 5.74) is 0.886. The summed E-state index contributed by atoms with van der Waals surface area (Å²) in [5, 5.41) is 3.52. The van der Waals surface area contributed by atoms with E-state index in [2.05, 4.69) is 74.1 Å². The molecule has 0 aliphatic rings. The van der Waals surface area contributed by atoms with E-state index in [-0.39, 0.29) is 0 Å². The van der Waals surface area contributed by atoms with Crippen LogP contribution in [0.25, 0.3) is 20.3 Å². The Kier molecular flexibility index (Phi) is 11.3. The number of fused-ring (bicyclic) bond motifs is 2. The molecule has 0 bridgehead atoms. The number of benzene rings is 1. The third kappa shape index (κ3) is 9.70. The molecule has 210 valence electrons. The number of halogens is 4. The van der Waals surface area contributed by atoms with Gasteiger partial charge in [-0.05, 0) is 95.0 Å². The molecule has 0 atom stereocenters. The molecule has 1 aromatic carbocycles. The molecule has 6 aromatic rings. The van der Waals surface area contributed by atoms with Gasteiger partial charge < -0.3 is 0 Å². The van der Waals surface area contributed by atoms with Gasteiger partial charge >= 0.3 is 6.18 Å². The first-order chi connectivity index (χ1) is 18.8. The zero-order valence-corrected chi connectivity index (χ0v) is 26.3. The molecule has 5 heterocycles. The van der Waals surface area contributed by atoms with Crippen LogP contribution in [0.3, 0.4) is 0 Å². The van der Waals surface area contributed by atoms with Crippen LogP contribution >= 0.6 is 45.6 Å². The average Bonchev–Trinajstić information content (AvgIpc) is 3.53. The van der Waals surface area contributed by atoms with Crippen LogP contribution < -0.4 is 0 Å². The highest BCUT2D eigenvalue weighted by molar-refractivity contribution is 7.19. The van der Waals surface area contributed by atoms with E-state index >= 15 is 0 Å². The molecule has 9 heteroatoms. The fraction of sp³-hybridized carbons (Fsp3) is 0.226. The van der Waals surface area contributed by atoms with Crippen LogP contribution in [0.4, 0.5) is 13.2 Å². The quantitative estimate of drug-likeness (QED) is 0.169. The van der Waals surface area contributed by atoms with Crippen LogP contribution in [0.1, 0.15) is 36.5 Å². The Morgan fingerprint density at radius 2 is 1.38 bits per heavy atom. The van der Waals surface area contributed by atoms with E-state index < -0.39 is 11.9 Å². The van der Waals surface area contributed by atoms with Crippen molar-refractivity contribution in [1.82, 2.24) is 9.97 Å². The molecule has 40 heavy (non-hydrogen) atoms. The largest absolute Gasteiger partial charge is 0.433 e. The molecule has 0 amide bonds. The molecule has 0 spiro atoms. The SMILES string of the molecule is Cc1cc(Cl)c(C)s1.Cc1cc2cccnc2s1.Cc1ccc2cc(C)sc2c1.Cc1cccc(C(F)(F)F)n1. The van der Waals surface area contributed by atoms with Gasteiger partial charge in [0.05, 0.1) is 5.02 Å². The summed E-state index contributed by atoms with van der Waals surface area (Å²) in [7, 11) is 0. The zero-order chi connectivity index (χ0) is 29.4. The number of hydrogen-bond acceptors (Lipinski definition) is 5. The fourth-order valence-corrected chi connectivity index (χ4v) is 6.60. The van der Waals surface area contributed by atoms with Crippen LogP contribution in [-0.2, 0) is 6.18 Å². The first-order valence-corrected chi connectivity index (χ1v) is 15.2. The predicted molar refractivity (Wildman–Crippen MR) is 168 cm³/mol. The minimum absolute atomic E-state index is 0.375. The third-order valence-corrected chi connectivity index (χ3v) is 8.83. The minimum Gasteiger partial charge on any atom is -0.249 e. The summed E-state index contributed by atoms with van der Waals surface area (Å²) in [4.78, 5) is 13.9. The Balaban J connectivity index is 0.000000148. The van der Waals surface area contributed by atoms with E-state index in [1.54, 1.807) is 22.7 Å². The maximum Gasteiger partial charge on any atom is 0.433 e. The first-order valence-electron chi connectivity index (χ1n) is 12.3. The molecule has 0 saturated heterocycles. The van der Waals surface area contributed by atoms with Crippen molar-refractivity contribution in [2.45, 2.75) is 47.7 Å². The van der Waals surface area contributed by atoms with Crippen LogP contribution in [0, 0.1) is 41.5 Å². The topological polar surface area (TPSA) is 25.8 Å². The molecule has 6 rings (SSSR count). The van der Waals surface area contributed by atoms with E-state index in [1.165, 1.54) is 59.6 Å². The van der Waals surface area contributed by atoms with E-state index in [0.29, 0.717) is 5.69 Å². The van der Waals surface area contributed by atoms with E-state index in [1.807, 2.05) is 36.6 Å². The van der Waals surface area contributed by atoms with Crippen molar-refractivity contribution in [3.63, 3.8) is 0 Å². The molecule has 2 nitrogen and oxygen atoms in total. The van der Waals surface area contributed by atoms with Crippen molar-refractivity contribution in [1.29, 1.82) is 0 Å². The Bertz CT molecular complexity index is 1630. The van der Waals surface area contributed by atoms with Gasteiger partial charge in [-0.3, -0.25) is 0 Å². The maximum absolute atomic E-state index is 11.9. The molecule has 0 fully saturated rings.